The Morgan fingerprint density at radius 1 is 1.25 bits per heavy atom. The van der Waals surface area contributed by atoms with Crippen LogP contribution in [0, 0.1) is 0 Å². The van der Waals surface area contributed by atoms with Crippen LogP contribution in [0.25, 0.3) is 0 Å². The first-order chi connectivity index (χ1) is 7.13. The zero-order chi connectivity index (χ0) is 12.6. The van der Waals surface area contributed by atoms with Crippen LogP contribution in [-0.4, -0.2) is 8.32 Å². The molecule has 0 aliphatic carbocycles. The third-order valence-electron chi connectivity index (χ3n) is 3.15. The van der Waals surface area contributed by atoms with E-state index in [0.29, 0.717) is 16.5 Å². The quantitative estimate of drug-likeness (QED) is 0.633. The van der Waals surface area contributed by atoms with Crippen molar-refractivity contribution in [1.29, 1.82) is 0 Å². The SMILES string of the molecule is CC(C)(C)[Si](C)(C)Oc1cc(Cl)ccc1N. The maximum absolute atomic E-state index is 6.11. The number of anilines is 1. The first kappa shape index (κ1) is 13.4. The van der Waals surface area contributed by atoms with Gasteiger partial charge in [0.2, 0.25) is 0 Å². The predicted molar refractivity (Wildman–Crippen MR) is 73.7 cm³/mol. The van der Waals surface area contributed by atoms with Gasteiger partial charge in [-0.15, -0.1) is 0 Å². The summed E-state index contributed by atoms with van der Waals surface area (Å²) in [7, 11) is -1.84. The number of hydrogen-bond acceptors (Lipinski definition) is 2. The van der Waals surface area contributed by atoms with Gasteiger partial charge in [-0.3, -0.25) is 0 Å². The summed E-state index contributed by atoms with van der Waals surface area (Å²) in [4.78, 5) is 0. The van der Waals surface area contributed by atoms with Gasteiger partial charge in [0.15, 0.2) is 0 Å². The lowest BCUT2D eigenvalue weighted by atomic mass is 10.2. The Balaban J connectivity index is 3.01. The molecular weight excluding hydrogens is 238 g/mol. The molecule has 0 unspecified atom stereocenters. The average molecular weight is 258 g/mol. The van der Waals surface area contributed by atoms with Gasteiger partial charge in [-0.1, -0.05) is 32.4 Å². The summed E-state index contributed by atoms with van der Waals surface area (Å²) in [5, 5.41) is 0.810. The van der Waals surface area contributed by atoms with Crippen LogP contribution in [0.1, 0.15) is 20.8 Å². The molecule has 0 radical (unpaired) electrons. The number of halogens is 1. The molecule has 1 rings (SSSR count). The van der Waals surface area contributed by atoms with E-state index in [-0.39, 0.29) is 5.04 Å². The number of rotatable bonds is 2. The van der Waals surface area contributed by atoms with E-state index in [1.165, 1.54) is 0 Å². The molecular formula is C12H20ClNOSi. The minimum absolute atomic E-state index is 0.155. The lowest BCUT2D eigenvalue weighted by molar-refractivity contribution is 0.494. The molecule has 1 aromatic carbocycles. The smallest absolute Gasteiger partial charge is 0.250 e. The van der Waals surface area contributed by atoms with E-state index in [9.17, 15) is 0 Å². The molecule has 0 aliphatic rings. The molecule has 4 heteroatoms. The van der Waals surface area contributed by atoms with E-state index in [1.54, 1.807) is 18.2 Å². The van der Waals surface area contributed by atoms with Crippen LogP contribution in [0.15, 0.2) is 18.2 Å². The number of benzene rings is 1. The van der Waals surface area contributed by atoms with Gasteiger partial charge >= 0.3 is 0 Å². The molecule has 0 saturated carbocycles. The van der Waals surface area contributed by atoms with Crippen LogP contribution in [0.4, 0.5) is 5.69 Å². The highest BCUT2D eigenvalue weighted by atomic mass is 35.5. The van der Waals surface area contributed by atoms with Gasteiger partial charge in [-0.05, 0) is 36.3 Å². The van der Waals surface area contributed by atoms with Gasteiger partial charge in [0.05, 0.1) is 5.69 Å². The van der Waals surface area contributed by atoms with Crippen LogP contribution < -0.4 is 10.2 Å². The topological polar surface area (TPSA) is 35.2 Å². The molecule has 0 bridgehead atoms. The minimum atomic E-state index is -1.84. The van der Waals surface area contributed by atoms with E-state index in [1.807, 2.05) is 0 Å². The molecule has 16 heavy (non-hydrogen) atoms. The lowest BCUT2D eigenvalue weighted by Gasteiger charge is -2.36. The van der Waals surface area contributed by atoms with Crippen LogP contribution in [0.3, 0.4) is 0 Å². The Bertz CT molecular complexity index is 385. The first-order valence-corrected chi connectivity index (χ1v) is 8.66. The fourth-order valence-corrected chi connectivity index (χ4v) is 2.22. The van der Waals surface area contributed by atoms with Gasteiger partial charge < -0.3 is 10.2 Å². The van der Waals surface area contributed by atoms with E-state index >= 15 is 0 Å². The van der Waals surface area contributed by atoms with E-state index in [0.717, 1.165) is 0 Å². The molecule has 0 saturated heterocycles. The Morgan fingerprint density at radius 3 is 2.31 bits per heavy atom. The molecule has 0 heterocycles. The van der Waals surface area contributed by atoms with Crippen LogP contribution in [0.2, 0.25) is 23.2 Å². The van der Waals surface area contributed by atoms with E-state index < -0.39 is 8.32 Å². The molecule has 0 spiro atoms. The maximum atomic E-state index is 6.11. The van der Waals surface area contributed by atoms with Crippen LogP contribution in [-0.2, 0) is 0 Å². The standard InChI is InChI=1S/C12H20ClNOSi/c1-12(2,3)16(4,5)15-11-8-9(13)6-7-10(11)14/h6-8H,14H2,1-5H3. The Labute approximate surface area is 104 Å². The molecule has 0 fully saturated rings. The third kappa shape index (κ3) is 2.92. The second-order valence-electron chi connectivity index (χ2n) is 5.54. The Hall–Kier alpha value is -0.673. The van der Waals surface area contributed by atoms with Gasteiger partial charge in [0.1, 0.15) is 5.75 Å². The monoisotopic (exact) mass is 257 g/mol. The molecule has 0 aliphatic heterocycles. The van der Waals surface area contributed by atoms with Crippen molar-refractivity contribution in [3.8, 4) is 5.75 Å². The Kier molecular flexibility index (Phi) is 3.60. The Morgan fingerprint density at radius 2 is 1.81 bits per heavy atom. The van der Waals surface area contributed by atoms with Crippen molar-refractivity contribution >= 4 is 25.6 Å². The van der Waals surface area contributed by atoms with Crippen molar-refractivity contribution in [2.45, 2.75) is 38.9 Å². The summed E-state index contributed by atoms with van der Waals surface area (Å²) in [6, 6.07) is 5.34. The number of nitrogens with two attached hydrogens (primary N) is 1. The fourth-order valence-electron chi connectivity index (χ4n) is 1.02. The fraction of sp³-hybridized carbons (Fsp3) is 0.500. The highest BCUT2D eigenvalue weighted by Crippen LogP contribution is 2.39. The molecule has 2 nitrogen and oxygen atoms in total. The third-order valence-corrected chi connectivity index (χ3v) is 7.72. The molecule has 0 atom stereocenters. The summed E-state index contributed by atoms with van der Waals surface area (Å²) >= 11 is 5.94. The molecule has 0 amide bonds. The highest BCUT2D eigenvalue weighted by molar-refractivity contribution is 6.74. The van der Waals surface area contributed by atoms with Crippen LogP contribution in [0.5, 0.6) is 5.75 Å². The normalized spacial score (nSPS) is 12.6. The van der Waals surface area contributed by atoms with E-state index in [2.05, 4.69) is 33.9 Å². The number of hydrogen-bond donors (Lipinski definition) is 1. The predicted octanol–water partition coefficient (Wildman–Crippen LogP) is 4.31. The van der Waals surface area contributed by atoms with Gasteiger partial charge in [0, 0.05) is 5.02 Å². The highest BCUT2D eigenvalue weighted by Gasteiger charge is 2.39. The lowest BCUT2D eigenvalue weighted by Crippen LogP contribution is -2.44. The summed E-state index contributed by atoms with van der Waals surface area (Å²) < 4.78 is 6.11. The maximum Gasteiger partial charge on any atom is 0.250 e. The zero-order valence-corrected chi connectivity index (χ0v) is 12.4. The van der Waals surface area contributed by atoms with Gasteiger partial charge in [-0.25, -0.2) is 0 Å². The molecule has 2 N–H and O–H groups in total. The summed E-state index contributed by atoms with van der Waals surface area (Å²) in [6.07, 6.45) is 0. The second-order valence-corrected chi connectivity index (χ2v) is 10.7. The minimum Gasteiger partial charge on any atom is -0.542 e. The number of nitrogen functional groups attached to an aromatic ring is 1. The molecule has 1 aromatic rings. The van der Waals surface area contributed by atoms with Crippen molar-refractivity contribution in [1.82, 2.24) is 0 Å². The first-order valence-electron chi connectivity index (χ1n) is 5.37. The van der Waals surface area contributed by atoms with Crippen molar-refractivity contribution in [2.75, 3.05) is 5.73 Å². The van der Waals surface area contributed by atoms with Crippen molar-refractivity contribution < 1.29 is 4.43 Å². The van der Waals surface area contributed by atoms with Crippen molar-refractivity contribution in [3.05, 3.63) is 23.2 Å². The zero-order valence-electron chi connectivity index (χ0n) is 10.6. The van der Waals surface area contributed by atoms with Crippen LogP contribution >= 0.6 is 11.6 Å². The molecule has 0 aromatic heterocycles. The van der Waals surface area contributed by atoms with Gasteiger partial charge in [0.25, 0.3) is 8.32 Å². The summed E-state index contributed by atoms with van der Waals surface area (Å²) in [6.45, 7) is 11.0. The summed E-state index contributed by atoms with van der Waals surface area (Å²) in [5.41, 5.74) is 6.53. The van der Waals surface area contributed by atoms with Crippen molar-refractivity contribution in [3.63, 3.8) is 0 Å². The molecule has 90 valence electrons. The second kappa shape index (κ2) is 4.30. The van der Waals surface area contributed by atoms with Gasteiger partial charge in [-0.2, -0.15) is 0 Å². The van der Waals surface area contributed by atoms with E-state index in [4.69, 9.17) is 21.8 Å². The average Bonchev–Trinajstić information content (AvgIpc) is 2.09. The summed E-state index contributed by atoms with van der Waals surface area (Å²) in [5.74, 6) is 0.707. The van der Waals surface area contributed by atoms with Crippen molar-refractivity contribution in [2.24, 2.45) is 0 Å². The largest absolute Gasteiger partial charge is 0.542 e.